The van der Waals surface area contributed by atoms with E-state index in [0.717, 1.165) is 12.1 Å². The van der Waals surface area contributed by atoms with E-state index < -0.39 is 0 Å². The summed E-state index contributed by atoms with van der Waals surface area (Å²) in [6.45, 7) is 3.03. The minimum atomic E-state index is -0.265. The summed E-state index contributed by atoms with van der Waals surface area (Å²) in [7, 11) is 0. The van der Waals surface area contributed by atoms with Crippen molar-refractivity contribution in [3.8, 4) is 0 Å². The van der Waals surface area contributed by atoms with E-state index in [1.165, 1.54) is 23.5 Å². The second-order valence-corrected chi connectivity index (χ2v) is 6.69. The zero-order valence-corrected chi connectivity index (χ0v) is 11.5. The number of hydrogen-bond acceptors (Lipinski definition) is 4. The van der Waals surface area contributed by atoms with Crippen LogP contribution in [0.15, 0.2) is 18.5 Å². The molecule has 1 aliphatic heterocycles. The minimum absolute atomic E-state index is 0.158. The molecule has 2 rings (SSSR count). The largest absolute Gasteiger partial charge is 0.309 e. The van der Waals surface area contributed by atoms with Crippen LogP contribution in [0.4, 0.5) is 4.39 Å². The zero-order valence-electron chi connectivity index (χ0n) is 9.86. The smallest absolute Gasteiger partial charge is 0.141 e. The van der Waals surface area contributed by atoms with Crippen molar-refractivity contribution in [1.82, 2.24) is 10.3 Å². The second-order valence-electron chi connectivity index (χ2n) is 4.13. The Hall–Kier alpha value is -0.260. The van der Waals surface area contributed by atoms with Crippen LogP contribution in [0.25, 0.3) is 0 Å². The highest BCUT2D eigenvalue weighted by Gasteiger charge is 2.15. The third kappa shape index (κ3) is 4.16. The van der Waals surface area contributed by atoms with E-state index in [4.69, 9.17) is 0 Å². The molecule has 1 N–H and O–H groups in total. The first-order chi connectivity index (χ1) is 8.25. The van der Waals surface area contributed by atoms with Crippen LogP contribution < -0.4 is 5.32 Å². The molecule has 2 nitrogen and oxygen atoms in total. The number of nitrogens with one attached hydrogen (secondary N) is 1. The highest BCUT2D eigenvalue weighted by Crippen LogP contribution is 2.24. The molecule has 1 aliphatic rings. The van der Waals surface area contributed by atoms with Gasteiger partial charge in [-0.1, -0.05) is 0 Å². The summed E-state index contributed by atoms with van der Waals surface area (Å²) in [4.78, 5) is 3.88. The first kappa shape index (κ1) is 13.2. The van der Waals surface area contributed by atoms with Crippen LogP contribution >= 0.6 is 23.5 Å². The van der Waals surface area contributed by atoms with Gasteiger partial charge in [-0.15, -0.1) is 0 Å². The number of thioether (sulfide) groups is 2. The van der Waals surface area contributed by atoms with Crippen LogP contribution in [-0.4, -0.2) is 34.0 Å². The highest BCUT2D eigenvalue weighted by atomic mass is 32.2. The van der Waals surface area contributed by atoms with Crippen molar-refractivity contribution in [3.63, 3.8) is 0 Å². The van der Waals surface area contributed by atoms with Gasteiger partial charge >= 0.3 is 0 Å². The summed E-state index contributed by atoms with van der Waals surface area (Å²) < 4.78 is 13.0. The highest BCUT2D eigenvalue weighted by molar-refractivity contribution is 8.06. The molecule has 0 radical (unpaired) electrons. The lowest BCUT2D eigenvalue weighted by molar-refractivity contribution is 0.563. The number of nitrogens with zero attached hydrogens (tertiary/aromatic N) is 1. The van der Waals surface area contributed by atoms with Crippen LogP contribution in [0.3, 0.4) is 0 Å². The van der Waals surface area contributed by atoms with Gasteiger partial charge in [0.2, 0.25) is 0 Å². The summed E-state index contributed by atoms with van der Waals surface area (Å²) >= 11 is 4.05. The normalized spacial score (nSPS) is 22.4. The van der Waals surface area contributed by atoms with Gasteiger partial charge in [0.1, 0.15) is 5.82 Å². The maximum absolute atomic E-state index is 13.0. The fraction of sp³-hybridized carbons (Fsp3) is 0.583. The predicted molar refractivity (Wildman–Crippen MR) is 74.2 cm³/mol. The van der Waals surface area contributed by atoms with Gasteiger partial charge in [0.25, 0.3) is 0 Å². The van der Waals surface area contributed by atoms with Gasteiger partial charge in [0, 0.05) is 41.3 Å². The molecule has 2 atom stereocenters. The van der Waals surface area contributed by atoms with Crippen molar-refractivity contribution in [1.29, 1.82) is 0 Å². The average Bonchev–Trinajstić information content (AvgIpc) is 2.37. The van der Waals surface area contributed by atoms with Gasteiger partial charge in [-0.05, 0) is 18.6 Å². The first-order valence-electron chi connectivity index (χ1n) is 5.79. The van der Waals surface area contributed by atoms with E-state index in [9.17, 15) is 4.39 Å². The lowest BCUT2D eigenvalue weighted by Gasteiger charge is -2.23. The molecule has 0 aromatic carbocycles. The third-order valence-electron chi connectivity index (χ3n) is 2.76. The lowest BCUT2D eigenvalue weighted by Crippen LogP contribution is -2.30. The Kier molecular flexibility index (Phi) is 5.13. The fourth-order valence-electron chi connectivity index (χ4n) is 1.75. The van der Waals surface area contributed by atoms with Crippen molar-refractivity contribution < 1.29 is 4.39 Å². The van der Waals surface area contributed by atoms with Gasteiger partial charge in [0.15, 0.2) is 0 Å². The van der Waals surface area contributed by atoms with Crippen molar-refractivity contribution in [3.05, 3.63) is 29.8 Å². The maximum Gasteiger partial charge on any atom is 0.141 e. The molecule has 1 fully saturated rings. The van der Waals surface area contributed by atoms with Gasteiger partial charge < -0.3 is 5.32 Å². The Morgan fingerprint density at radius 1 is 1.53 bits per heavy atom. The predicted octanol–water partition coefficient (Wildman–Crippen LogP) is 2.72. The SMILES string of the molecule is CC(NCC1CSCCS1)c1cncc(F)c1. The van der Waals surface area contributed by atoms with E-state index >= 15 is 0 Å². The number of halogens is 1. The summed E-state index contributed by atoms with van der Waals surface area (Å²) in [6, 6.07) is 1.71. The quantitative estimate of drug-likeness (QED) is 0.911. The standard InChI is InChI=1S/C12H17FN2S2/c1-9(10-4-11(13)6-14-5-10)15-7-12-8-16-2-3-17-12/h4-6,9,12,15H,2-3,7-8H2,1H3. The van der Waals surface area contributed by atoms with E-state index in [0.29, 0.717) is 5.25 Å². The Bertz CT molecular complexity index is 356. The van der Waals surface area contributed by atoms with Gasteiger partial charge in [-0.25, -0.2) is 4.39 Å². The number of pyridine rings is 1. The molecule has 0 saturated carbocycles. The van der Waals surface area contributed by atoms with Gasteiger partial charge in [-0.3, -0.25) is 4.98 Å². The Morgan fingerprint density at radius 2 is 2.41 bits per heavy atom. The lowest BCUT2D eigenvalue weighted by atomic mass is 10.1. The summed E-state index contributed by atoms with van der Waals surface area (Å²) in [5.74, 6) is 3.46. The second kappa shape index (κ2) is 6.61. The molecule has 0 spiro atoms. The average molecular weight is 272 g/mol. The van der Waals surface area contributed by atoms with Gasteiger partial charge in [-0.2, -0.15) is 23.5 Å². The van der Waals surface area contributed by atoms with E-state index in [2.05, 4.69) is 17.2 Å². The summed E-state index contributed by atoms with van der Waals surface area (Å²) in [5.41, 5.74) is 0.915. The molecule has 5 heteroatoms. The van der Waals surface area contributed by atoms with Crippen LogP contribution in [-0.2, 0) is 0 Å². The fourth-order valence-corrected chi connectivity index (χ4v) is 4.37. The molecule has 0 aliphatic carbocycles. The summed E-state index contributed by atoms with van der Waals surface area (Å²) in [5, 5.41) is 4.13. The monoisotopic (exact) mass is 272 g/mol. The molecule has 0 amide bonds. The number of aromatic nitrogens is 1. The molecule has 1 saturated heterocycles. The van der Waals surface area contributed by atoms with Crippen LogP contribution in [0.2, 0.25) is 0 Å². The van der Waals surface area contributed by atoms with Crippen molar-refractivity contribution >= 4 is 23.5 Å². The van der Waals surface area contributed by atoms with E-state index in [-0.39, 0.29) is 11.9 Å². The van der Waals surface area contributed by atoms with Crippen LogP contribution in [0.5, 0.6) is 0 Å². The van der Waals surface area contributed by atoms with Crippen LogP contribution in [0, 0.1) is 5.82 Å². The zero-order chi connectivity index (χ0) is 12.1. The minimum Gasteiger partial charge on any atom is -0.309 e. The maximum atomic E-state index is 13.0. The molecular weight excluding hydrogens is 255 g/mol. The molecule has 1 aromatic rings. The molecular formula is C12H17FN2S2. The Labute approximate surface area is 110 Å². The van der Waals surface area contributed by atoms with Gasteiger partial charge in [0.05, 0.1) is 6.20 Å². The molecule has 0 bridgehead atoms. The molecule has 17 heavy (non-hydrogen) atoms. The molecule has 2 unspecified atom stereocenters. The molecule has 94 valence electrons. The number of hydrogen-bond donors (Lipinski definition) is 1. The molecule has 2 heterocycles. The number of rotatable bonds is 4. The Balaban J connectivity index is 1.82. The third-order valence-corrected chi connectivity index (χ3v) is 5.61. The van der Waals surface area contributed by atoms with Crippen molar-refractivity contribution in [2.24, 2.45) is 0 Å². The van der Waals surface area contributed by atoms with E-state index in [1.807, 2.05) is 23.5 Å². The van der Waals surface area contributed by atoms with E-state index in [1.54, 1.807) is 12.3 Å². The summed E-state index contributed by atoms with van der Waals surface area (Å²) in [6.07, 6.45) is 2.97. The van der Waals surface area contributed by atoms with Crippen LogP contribution in [0.1, 0.15) is 18.5 Å². The topological polar surface area (TPSA) is 24.9 Å². The van der Waals surface area contributed by atoms with Crippen molar-refractivity contribution in [2.45, 2.75) is 18.2 Å². The Morgan fingerprint density at radius 3 is 3.12 bits per heavy atom. The first-order valence-corrected chi connectivity index (χ1v) is 7.99. The van der Waals surface area contributed by atoms with Crippen molar-refractivity contribution in [2.75, 3.05) is 23.8 Å². The molecule has 1 aromatic heterocycles.